The van der Waals surface area contributed by atoms with Gasteiger partial charge < -0.3 is 9.84 Å². The summed E-state index contributed by atoms with van der Waals surface area (Å²) in [6.07, 6.45) is -3.65. The van der Waals surface area contributed by atoms with Gasteiger partial charge in [-0.15, -0.1) is 11.3 Å². The largest absolute Gasteiger partial charge is 0.497 e. The molecule has 212 valence electrons. The lowest BCUT2D eigenvalue weighted by atomic mass is 9.94. The van der Waals surface area contributed by atoms with Gasteiger partial charge in [0.1, 0.15) is 5.75 Å². The molecule has 3 aromatic carbocycles. The van der Waals surface area contributed by atoms with Crippen LogP contribution >= 0.6 is 11.3 Å². The molecule has 6 nitrogen and oxygen atoms in total. The fraction of sp³-hybridized carbons (Fsp3) is 0.167. The molecule has 2 N–H and O–H groups in total. The number of aliphatic hydroxyl groups is 1. The number of hydrogen-bond acceptors (Lipinski definition) is 6. The predicted octanol–water partition coefficient (Wildman–Crippen LogP) is 6.81. The Morgan fingerprint density at radius 1 is 0.951 bits per heavy atom. The summed E-state index contributed by atoms with van der Waals surface area (Å²) in [5.74, 6) is 0.523. The first-order chi connectivity index (χ1) is 19.4. The average molecular weight is 599 g/mol. The van der Waals surface area contributed by atoms with Gasteiger partial charge in [0.25, 0.3) is 0 Å². The van der Waals surface area contributed by atoms with Crippen molar-refractivity contribution in [3.8, 4) is 17.0 Å². The summed E-state index contributed by atoms with van der Waals surface area (Å²) in [5, 5.41) is 11.0. The number of sulfonamides is 1. The molecule has 0 aliphatic heterocycles. The van der Waals surface area contributed by atoms with Crippen molar-refractivity contribution in [2.45, 2.75) is 29.6 Å². The molecule has 0 bridgehead atoms. The van der Waals surface area contributed by atoms with E-state index in [9.17, 15) is 26.7 Å². The molecule has 5 aromatic rings. The molecule has 2 aromatic heterocycles. The molecule has 11 heteroatoms. The first kappa shape index (κ1) is 28.7. The second-order valence-electron chi connectivity index (χ2n) is 9.51. The summed E-state index contributed by atoms with van der Waals surface area (Å²) in [6, 6.07) is 23.9. The highest BCUT2D eigenvalue weighted by atomic mass is 32.2. The zero-order valence-electron chi connectivity index (χ0n) is 21.9. The standard InChI is InChI=1S/C30H25F3N2O4S2/c1-29(36,30(31,32)33)21-15-16-34-25(18-21)24-10-6-9-20-17-26(40-28(20)24)27(19-7-4-3-5-8-19)35-41(37,38)23-13-11-22(39-2)12-14-23/h3-18,27,35-36H,1-2H3/t27-,29-/m0/s1. The van der Waals surface area contributed by atoms with Crippen molar-refractivity contribution >= 4 is 31.4 Å². The van der Waals surface area contributed by atoms with Crippen LogP contribution in [-0.4, -0.2) is 31.8 Å². The van der Waals surface area contributed by atoms with Gasteiger partial charge in [0.15, 0.2) is 5.60 Å². The van der Waals surface area contributed by atoms with Crippen molar-refractivity contribution in [3.05, 3.63) is 113 Å². The fourth-order valence-corrected chi connectivity index (χ4v) is 6.93. The van der Waals surface area contributed by atoms with E-state index in [1.165, 1.54) is 42.8 Å². The van der Waals surface area contributed by atoms with Gasteiger partial charge in [-0.25, -0.2) is 8.42 Å². The van der Waals surface area contributed by atoms with E-state index >= 15 is 0 Å². The van der Waals surface area contributed by atoms with Gasteiger partial charge in [-0.05, 0) is 65.9 Å². The van der Waals surface area contributed by atoms with E-state index in [2.05, 4.69) is 9.71 Å². The molecule has 0 saturated heterocycles. The van der Waals surface area contributed by atoms with Crippen molar-refractivity contribution in [1.82, 2.24) is 9.71 Å². The number of fused-ring (bicyclic) bond motifs is 1. The van der Waals surface area contributed by atoms with Gasteiger partial charge >= 0.3 is 6.18 Å². The molecule has 0 amide bonds. The molecule has 0 fully saturated rings. The fourth-order valence-electron chi connectivity index (χ4n) is 4.39. The minimum Gasteiger partial charge on any atom is -0.497 e. The van der Waals surface area contributed by atoms with E-state index in [4.69, 9.17) is 4.74 Å². The predicted molar refractivity (Wildman–Crippen MR) is 152 cm³/mol. The van der Waals surface area contributed by atoms with E-state index in [0.717, 1.165) is 11.5 Å². The van der Waals surface area contributed by atoms with Gasteiger partial charge in [-0.2, -0.15) is 17.9 Å². The number of thiophene rings is 1. The molecule has 5 rings (SSSR count). The SMILES string of the molecule is COc1ccc(S(=O)(=O)N[C@@H](c2ccccc2)c2cc3cccc(-c4cc([C@](C)(O)C(F)(F)F)ccn4)c3s2)cc1. The van der Waals surface area contributed by atoms with E-state index in [-0.39, 0.29) is 16.2 Å². The topological polar surface area (TPSA) is 88.5 Å². The first-order valence-electron chi connectivity index (χ1n) is 12.4. The number of benzene rings is 3. The molecule has 41 heavy (non-hydrogen) atoms. The Balaban J connectivity index is 1.59. The van der Waals surface area contributed by atoms with Gasteiger partial charge in [0.05, 0.1) is 23.7 Å². The number of hydrogen-bond donors (Lipinski definition) is 2. The zero-order chi connectivity index (χ0) is 29.4. The summed E-state index contributed by atoms with van der Waals surface area (Å²) >= 11 is 1.31. The van der Waals surface area contributed by atoms with Crippen LogP contribution in [0.25, 0.3) is 21.3 Å². The van der Waals surface area contributed by atoms with Gasteiger partial charge in [-0.1, -0.05) is 48.5 Å². The molecule has 0 unspecified atom stereocenters. The van der Waals surface area contributed by atoms with Crippen LogP contribution in [0.2, 0.25) is 0 Å². The number of nitrogens with zero attached hydrogens (tertiary/aromatic N) is 1. The van der Waals surface area contributed by atoms with Crippen LogP contribution in [0, 0.1) is 0 Å². The van der Waals surface area contributed by atoms with Crippen LogP contribution in [0.4, 0.5) is 13.2 Å². The van der Waals surface area contributed by atoms with E-state index < -0.39 is 27.8 Å². The highest BCUT2D eigenvalue weighted by molar-refractivity contribution is 7.89. The lowest BCUT2D eigenvalue weighted by molar-refractivity contribution is -0.258. The quantitative estimate of drug-likeness (QED) is 0.205. The second-order valence-corrected chi connectivity index (χ2v) is 12.3. The molecule has 2 heterocycles. The maximum Gasteiger partial charge on any atom is 0.421 e. The number of rotatable bonds is 8. The maximum atomic E-state index is 13.5. The molecular formula is C30H25F3N2O4S2. The van der Waals surface area contributed by atoms with Crippen LogP contribution in [0.5, 0.6) is 5.75 Å². The normalized spacial score (nSPS) is 14.5. The van der Waals surface area contributed by atoms with Crippen molar-refractivity contribution in [2.75, 3.05) is 7.11 Å². The number of ether oxygens (including phenoxy) is 1. The molecule has 0 aliphatic carbocycles. The van der Waals surface area contributed by atoms with Crippen LogP contribution in [0.3, 0.4) is 0 Å². The van der Waals surface area contributed by atoms with Crippen LogP contribution in [0.15, 0.2) is 102 Å². The molecule has 0 spiro atoms. The average Bonchev–Trinajstić information content (AvgIpc) is 3.40. The summed E-state index contributed by atoms with van der Waals surface area (Å²) in [7, 11) is -2.47. The Bertz CT molecular complexity index is 1790. The van der Waals surface area contributed by atoms with E-state index in [1.807, 2.05) is 42.5 Å². The number of halogens is 3. The Morgan fingerprint density at radius 2 is 1.66 bits per heavy atom. The third-order valence-corrected chi connectivity index (χ3v) is 9.46. The Labute approximate surface area is 239 Å². The number of alkyl halides is 3. The van der Waals surface area contributed by atoms with Crippen molar-refractivity contribution in [2.24, 2.45) is 0 Å². The lowest BCUT2D eigenvalue weighted by Gasteiger charge is -2.26. The molecule has 0 radical (unpaired) electrons. The summed E-state index contributed by atoms with van der Waals surface area (Å²) < 4.78 is 76.1. The first-order valence-corrected chi connectivity index (χ1v) is 14.7. The second kappa shape index (κ2) is 10.9. The maximum absolute atomic E-state index is 13.5. The van der Waals surface area contributed by atoms with Crippen molar-refractivity contribution in [1.29, 1.82) is 0 Å². The van der Waals surface area contributed by atoms with Crippen molar-refractivity contribution in [3.63, 3.8) is 0 Å². The van der Waals surface area contributed by atoms with Crippen molar-refractivity contribution < 1.29 is 31.4 Å². The highest BCUT2D eigenvalue weighted by Gasteiger charge is 2.51. The van der Waals surface area contributed by atoms with Gasteiger partial charge in [0.2, 0.25) is 10.0 Å². The summed E-state index contributed by atoms with van der Waals surface area (Å²) in [6.45, 7) is 0.704. The summed E-state index contributed by atoms with van der Waals surface area (Å²) in [5.41, 5.74) is -1.88. The minimum atomic E-state index is -4.88. The van der Waals surface area contributed by atoms with Gasteiger partial charge in [-0.3, -0.25) is 4.98 Å². The highest BCUT2D eigenvalue weighted by Crippen LogP contribution is 2.42. The zero-order valence-corrected chi connectivity index (χ0v) is 23.5. The van der Waals surface area contributed by atoms with Crippen LogP contribution in [-0.2, 0) is 15.6 Å². The monoisotopic (exact) mass is 598 g/mol. The molecular weight excluding hydrogens is 573 g/mol. The Morgan fingerprint density at radius 3 is 2.32 bits per heavy atom. The Kier molecular flexibility index (Phi) is 7.64. The number of pyridine rings is 1. The van der Waals surface area contributed by atoms with E-state index in [0.29, 0.717) is 33.4 Å². The number of nitrogens with one attached hydrogen (secondary N) is 1. The lowest BCUT2D eigenvalue weighted by Crippen LogP contribution is -2.39. The Hall–Kier alpha value is -3.77. The summed E-state index contributed by atoms with van der Waals surface area (Å²) in [4.78, 5) is 5.03. The molecule has 0 saturated carbocycles. The smallest absolute Gasteiger partial charge is 0.421 e. The molecule has 2 atom stereocenters. The minimum absolute atomic E-state index is 0.0683. The number of methoxy groups -OCH3 is 1. The van der Waals surface area contributed by atoms with Crippen LogP contribution < -0.4 is 9.46 Å². The third kappa shape index (κ3) is 5.71. The van der Waals surface area contributed by atoms with Crippen LogP contribution in [0.1, 0.15) is 29.0 Å². The number of aromatic nitrogens is 1. The van der Waals surface area contributed by atoms with Gasteiger partial charge in [0, 0.05) is 21.3 Å². The third-order valence-electron chi connectivity index (χ3n) is 6.77. The van der Waals surface area contributed by atoms with E-state index in [1.54, 1.807) is 24.3 Å². The molecule has 0 aliphatic rings.